The van der Waals surface area contributed by atoms with E-state index in [0.717, 1.165) is 36.8 Å². The van der Waals surface area contributed by atoms with Crippen LogP contribution in [0.15, 0.2) is 16.7 Å². The maximum absolute atomic E-state index is 12.4. The lowest BCUT2D eigenvalue weighted by Gasteiger charge is -2.22. The third-order valence-corrected chi connectivity index (χ3v) is 4.80. The number of rotatable bonds is 8. The molecule has 0 radical (unpaired) electrons. The highest BCUT2D eigenvalue weighted by atomic mass is 79.9. The summed E-state index contributed by atoms with van der Waals surface area (Å²) >= 11 is 3.37. The Kier molecular flexibility index (Phi) is 7.45. The number of aliphatic hydroxyl groups is 1. The number of unbranched alkanes of at least 4 members (excludes halogenated alkanes) is 1. The third-order valence-electron chi connectivity index (χ3n) is 4.37. The summed E-state index contributed by atoms with van der Waals surface area (Å²) < 4.78 is 0.794. The number of hydrogen-bond donors (Lipinski definition) is 2. The summed E-state index contributed by atoms with van der Waals surface area (Å²) in [6.07, 6.45) is 5.91. The molecule has 0 aliphatic carbocycles. The summed E-state index contributed by atoms with van der Waals surface area (Å²) in [5.74, 6) is 0.570. The summed E-state index contributed by atoms with van der Waals surface area (Å²) in [7, 11) is 3.75. The predicted octanol–water partition coefficient (Wildman–Crippen LogP) is 1.88. The van der Waals surface area contributed by atoms with Gasteiger partial charge in [0.15, 0.2) is 0 Å². The molecule has 1 fully saturated rings. The normalized spacial score (nSPS) is 17.9. The highest BCUT2D eigenvalue weighted by molar-refractivity contribution is 9.10. The maximum atomic E-state index is 12.4. The van der Waals surface area contributed by atoms with Crippen LogP contribution in [0.4, 0.5) is 5.82 Å². The van der Waals surface area contributed by atoms with Crippen LogP contribution >= 0.6 is 15.9 Å². The van der Waals surface area contributed by atoms with E-state index in [-0.39, 0.29) is 12.5 Å². The quantitative estimate of drug-likeness (QED) is 0.654. The Morgan fingerprint density at radius 1 is 1.50 bits per heavy atom. The van der Waals surface area contributed by atoms with Crippen molar-refractivity contribution in [3.8, 4) is 0 Å². The number of likely N-dealkylation sites (tertiary alicyclic amines) is 1. The molecular weight excluding hydrogens is 372 g/mol. The van der Waals surface area contributed by atoms with Crippen LogP contribution in [0.3, 0.4) is 0 Å². The zero-order valence-electron chi connectivity index (χ0n) is 14.5. The number of nitrogens with zero attached hydrogens (tertiary/aromatic N) is 3. The fourth-order valence-electron chi connectivity index (χ4n) is 3.09. The summed E-state index contributed by atoms with van der Waals surface area (Å²) in [4.78, 5) is 20.9. The lowest BCUT2D eigenvalue weighted by molar-refractivity contribution is 0.0952. The molecular formula is C17H27BrN4O2. The van der Waals surface area contributed by atoms with Gasteiger partial charge in [0, 0.05) is 37.4 Å². The Balaban J connectivity index is 1.76. The van der Waals surface area contributed by atoms with Crippen molar-refractivity contribution in [1.82, 2.24) is 15.2 Å². The van der Waals surface area contributed by atoms with Crippen molar-refractivity contribution < 1.29 is 9.90 Å². The molecule has 134 valence electrons. The van der Waals surface area contributed by atoms with Gasteiger partial charge in [-0.05, 0) is 60.8 Å². The van der Waals surface area contributed by atoms with Crippen molar-refractivity contribution >= 4 is 27.7 Å². The second-order valence-corrected chi connectivity index (χ2v) is 7.31. The van der Waals surface area contributed by atoms with Crippen LogP contribution in [-0.4, -0.2) is 67.3 Å². The molecule has 1 aliphatic heterocycles. The molecule has 1 amide bonds. The largest absolute Gasteiger partial charge is 0.395 e. The van der Waals surface area contributed by atoms with E-state index in [2.05, 4.69) is 31.1 Å². The van der Waals surface area contributed by atoms with Crippen LogP contribution in [0.25, 0.3) is 0 Å². The van der Waals surface area contributed by atoms with E-state index in [0.29, 0.717) is 24.0 Å². The number of aliphatic hydroxyl groups excluding tert-OH is 1. The molecule has 1 aliphatic rings. The molecule has 1 aromatic rings. The van der Waals surface area contributed by atoms with E-state index in [1.165, 1.54) is 6.42 Å². The van der Waals surface area contributed by atoms with Crippen molar-refractivity contribution in [3.05, 3.63) is 22.3 Å². The fraction of sp³-hybridized carbons (Fsp3) is 0.647. The van der Waals surface area contributed by atoms with Gasteiger partial charge >= 0.3 is 0 Å². The molecule has 0 unspecified atom stereocenters. The van der Waals surface area contributed by atoms with Crippen LogP contribution in [-0.2, 0) is 0 Å². The molecule has 0 bridgehead atoms. The van der Waals surface area contributed by atoms with Crippen molar-refractivity contribution in [3.63, 3.8) is 0 Å². The minimum Gasteiger partial charge on any atom is -0.395 e. The van der Waals surface area contributed by atoms with Crippen molar-refractivity contribution in [1.29, 1.82) is 0 Å². The smallest absolute Gasteiger partial charge is 0.255 e. The minimum atomic E-state index is -0.0955. The van der Waals surface area contributed by atoms with Crippen molar-refractivity contribution in [2.45, 2.75) is 31.7 Å². The van der Waals surface area contributed by atoms with Crippen molar-refractivity contribution in [2.75, 3.05) is 45.2 Å². The van der Waals surface area contributed by atoms with Crippen LogP contribution in [0.5, 0.6) is 0 Å². The number of carbonyl (C=O) groups excluding carboxylic acids is 1. The lowest BCUT2D eigenvalue weighted by Crippen LogP contribution is -2.33. The van der Waals surface area contributed by atoms with Gasteiger partial charge in [-0.3, -0.25) is 9.69 Å². The Morgan fingerprint density at radius 2 is 2.29 bits per heavy atom. The van der Waals surface area contributed by atoms with Crippen LogP contribution < -0.4 is 10.2 Å². The van der Waals surface area contributed by atoms with Crippen molar-refractivity contribution in [2.24, 2.45) is 0 Å². The van der Waals surface area contributed by atoms with Gasteiger partial charge in [-0.25, -0.2) is 4.98 Å². The van der Waals surface area contributed by atoms with E-state index in [4.69, 9.17) is 0 Å². The van der Waals surface area contributed by atoms with Crippen LogP contribution in [0.1, 0.15) is 36.0 Å². The first-order valence-corrected chi connectivity index (χ1v) is 9.28. The molecule has 6 nitrogen and oxygen atoms in total. The Labute approximate surface area is 152 Å². The molecule has 1 saturated heterocycles. The molecule has 0 saturated carbocycles. The standard InChI is InChI=1S/C17H27BrN4O2/c1-21(2)16-15(10-13(18)11-20-16)17(24)19-7-3-4-8-22-9-5-6-14(22)12-23/h10-11,14,23H,3-9,12H2,1-2H3,(H,19,24)/t14-/m1/s1. The van der Waals surface area contributed by atoms with E-state index >= 15 is 0 Å². The van der Waals surface area contributed by atoms with E-state index in [1.807, 2.05) is 19.0 Å². The topological polar surface area (TPSA) is 68.7 Å². The molecule has 7 heteroatoms. The second kappa shape index (κ2) is 9.34. The molecule has 0 aromatic carbocycles. The number of pyridine rings is 1. The van der Waals surface area contributed by atoms with Gasteiger partial charge in [-0.2, -0.15) is 0 Å². The Morgan fingerprint density at radius 3 is 3.00 bits per heavy atom. The van der Waals surface area contributed by atoms with Crippen LogP contribution in [0, 0.1) is 0 Å². The summed E-state index contributed by atoms with van der Waals surface area (Å²) in [6.45, 7) is 2.96. The van der Waals surface area contributed by atoms with Gasteiger partial charge in [0.25, 0.3) is 5.91 Å². The third kappa shape index (κ3) is 5.16. The average molecular weight is 399 g/mol. The van der Waals surface area contributed by atoms with E-state index < -0.39 is 0 Å². The SMILES string of the molecule is CN(C)c1ncc(Br)cc1C(=O)NCCCCN1CCC[C@@H]1CO. The number of hydrogen-bond acceptors (Lipinski definition) is 5. The van der Waals surface area contributed by atoms with Gasteiger partial charge < -0.3 is 15.3 Å². The van der Waals surface area contributed by atoms with Gasteiger partial charge in [0.2, 0.25) is 0 Å². The molecule has 1 aromatic heterocycles. The number of anilines is 1. The van der Waals surface area contributed by atoms with Crippen LogP contribution in [0.2, 0.25) is 0 Å². The molecule has 24 heavy (non-hydrogen) atoms. The zero-order valence-corrected chi connectivity index (χ0v) is 16.0. The average Bonchev–Trinajstić information content (AvgIpc) is 3.01. The zero-order chi connectivity index (χ0) is 17.5. The van der Waals surface area contributed by atoms with Gasteiger partial charge in [-0.15, -0.1) is 0 Å². The monoisotopic (exact) mass is 398 g/mol. The first-order valence-electron chi connectivity index (χ1n) is 8.49. The first kappa shape index (κ1) is 19.1. The summed E-state index contributed by atoms with van der Waals surface area (Å²) in [5.41, 5.74) is 0.578. The van der Waals surface area contributed by atoms with E-state index in [9.17, 15) is 9.90 Å². The Bertz CT molecular complexity index is 553. The molecule has 0 spiro atoms. The molecule has 1 atom stereocenters. The van der Waals surface area contributed by atoms with Gasteiger partial charge in [0.1, 0.15) is 5.82 Å². The highest BCUT2D eigenvalue weighted by Gasteiger charge is 2.22. The summed E-state index contributed by atoms with van der Waals surface area (Å²) in [5, 5.41) is 12.3. The number of amides is 1. The lowest BCUT2D eigenvalue weighted by atomic mass is 10.2. The summed E-state index contributed by atoms with van der Waals surface area (Å²) in [6, 6.07) is 2.13. The highest BCUT2D eigenvalue weighted by Crippen LogP contribution is 2.20. The second-order valence-electron chi connectivity index (χ2n) is 6.40. The number of halogens is 1. The van der Waals surface area contributed by atoms with Gasteiger partial charge in [-0.1, -0.05) is 0 Å². The first-order chi connectivity index (χ1) is 11.5. The molecule has 2 N–H and O–H groups in total. The predicted molar refractivity (Wildman–Crippen MR) is 99.5 cm³/mol. The molecule has 2 rings (SSSR count). The minimum absolute atomic E-state index is 0.0955. The van der Waals surface area contributed by atoms with Gasteiger partial charge in [0.05, 0.1) is 12.2 Å². The number of nitrogens with one attached hydrogen (secondary N) is 1. The Hall–Kier alpha value is -1.18. The number of aromatic nitrogens is 1. The molecule has 2 heterocycles. The number of carbonyl (C=O) groups is 1. The maximum Gasteiger partial charge on any atom is 0.255 e. The fourth-order valence-corrected chi connectivity index (χ4v) is 3.42. The van der Waals surface area contributed by atoms with E-state index in [1.54, 1.807) is 12.3 Å².